The lowest BCUT2D eigenvalue weighted by atomic mass is 10.1. The van der Waals surface area contributed by atoms with E-state index >= 15 is 0 Å². The fourth-order valence-electron chi connectivity index (χ4n) is 2.88. The van der Waals surface area contributed by atoms with E-state index in [2.05, 4.69) is 15.4 Å². The highest BCUT2D eigenvalue weighted by molar-refractivity contribution is 6.04. The molecule has 3 rings (SSSR count). The first-order valence-electron chi connectivity index (χ1n) is 10.1. The minimum absolute atomic E-state index is 0.125. The third-order valence-corrected chi connectivity index (χ3v) is 4.56. The van der Waals surface area contributed by atoms with Crippen molar-refractivity contribution in [2.24, 2.45) is 0 Å². The van der Waals surface area contributed by atoms with Crippen LogP contribution >= 0.6 is 0 Å². The monoisotopic (exact) mass is 472 g/mol. The van der Waals surface area contributed by atoms with Gasteiger partial charge in [0.1, 0.15) is 5.75 Å². The van der Waals surface area contributed by atoms with E-state index in [1.54, 1.807) is 31.2 Å². The van der Waals surface area contributed by atoms with Crippen LogP contribution in [0.2, 0.25) is 0 Å². The zero-order valence-corrected chi connectivity index (χ0v) is 17.9. The topological polar surface area (TPSA) is 93.7 Å². The smallest absolute Gasteiger partial charge is 0.434 e. The highest BCUT2D eigenvalue weighted by Gasteiger charge is 2.19. The molecule has 0 spiro atoms. The van der Waals surface area contributed by atoms with Gasteiger partial charge >= 0.3 is 6.16 Å². The number of para-hydroxylation sites is 1. The lowest BCUT2D eigenvalue weighted by molar-refractivity contribution is 0.0944. The van der Waals surface area contributed by atoms with Crippen molar-refractivity contribution in [1.82, 2.24) is 5.32 Å². The van der Waals surface area contributed by atoms with Gasteiger partial charge in [-0.05, 0) is 55.0 Å². The molecule has 10 heteroatoms. The summed E-state index contributed by atoms with van der Waals surface area (Å²) >= 11 is 0. The van der Waals surface area contributed by atoms with E-state index in [1.807, 2.05) is 0 Å². The highest BCUT2D eigenvalue weighted by Crippen LogP contribution is 2.19. The molecule has 3 aromatic carbocycles. The molecule has 7 nitrogen and oxygen atoms in total. The first-order valence-corrected chi connectivity index (χ1v) is 10.1. The van der Waals surface area contributed by atoms with E-state index in [9.17, 15) is 27.6 Å². The number of carbonyl (C=O) groups is 3. The van der Waals surface area contributed by atoms with Crippen LogP contribution in [0.1, 0.15) is 33.2 Å². The van der Waals surface area contributed by atoms with E-state index in [1.165, 1.54) is 24.3 Å². The second kappa shape index (κ2) is 11.0. The van der Waals surface area contributed by atoms with Crippen LogP contribution in [-0.4, -0.2) is 24.6 Å². The summed E-state index contributed by atoms with van der Waals surface area (Å²) < 4.78 is 49.9. The molecule has 0 bridgehead atoms. The Labute approximate surface area is 192 Å². The maximum absolute atomic E-state index is 13.8. The van der Waals surface area contributed by atoms with Crippen LogP contribution in [0, 0.1) is 17.5 Å². The summed E-state index contributed by atoms with van der Waals surface area (Å²) in [7, 11) is 0. The van der Waals surface area contributed by atoms with E-state index in [4.69, 9.17) is 4.74 Å². The Balaban J connectivity index is 1.66. The predicted octanol–water partition coefficient (Wildman–Crippen LogP) is 4.82. The molecule has 0 aliphatic rings. The molecule has 0 heterocycles. The number of hydrogen-bond donors (Lipinski definition) is 2. The Kier molecular flexibility index (Phi) is 7.86. The number of hydrogen-bond acceptors (Lipinski definition) is 5. The van der Waals surface area contributed by atoms with E-state index in [-0.39, 0.29) is 24.5 Å². The lowest BCUT2D eigenvalue weighted by Gasteiger charge is -2.13. The molecule has 0 atom stereocenters. The van der Waals surface area contributed by atoms with Crippen molar-refractivity contribution in [2.75, 3.05) is 11.9 Å². The van der Waals surface area contributed by atoms with Crippen molar-refractivity contribution < 1.29 is 37.0 Å². The molecule has 2 N–H and O–H groups in total. The molecule has 34 heavy (non-hydrogen) atoms. The SMILES string of the molecule is CCOC(=O)Oc1ccc(C(=O)Nc2ccccc2CNC(=O)c2ccc(F)c(F)c2F)cc1. The Bertz CT molecular complexity index is 1220. The maximum Gasteiger partial charge on any atom is 0.513 e. The van der Waals surface area contributed by atoms with Crippen LogP contribution < -0.4 is 15.4 Å². The Hall–Kier alpha value is -4.34. The summed E-state index contributed by atoms with van der Waals surface area (Å²) in [5.74, 6) is -5.96. The molecule has 0 radical (unpaired) electrons. The van der Waals surface area contributed by atoms with E-state index in [0.29, 0.717) is 17.3 Å². The summed E-state index contributed by atoms with van der Waals surface area (Å²) in [6.07, 6.45) is -0.862. The molecular weight excluding hydrogens is 453 g/mol. The van der Waals surface area contributed by atoms with Gasteiger partial charge in [-0.25, -0.2) is 18.0 Å². The zero-order chi connectivity index (χ0) is 24.7. The average molecular weight is 472 g/mol. The van der Waals surface area contributed by atoms with Crippen LogP contribution in [0.25, 0.3) is 0 Å². The normalized spacial score (nSPS) is 10.4. The van der Waals surface area contributed by atoms with E-state index < -0.39 is 41.0 Å². The molecule has 3 aromatic rings. The largest absolute Gasteiger partial charge is 0.513 e. The number of benzene rings is 3. The second-order valence-corrected chi connectivity index (χ2v) is 6.83. The zero-order valence-electron chi connectivity index (χ0n) is 17.9. The van der Waals surface area contributed by atoms with Crippen molar-refractivity contribution in [2.45, 2.75) is 13.5 Å². The number of carbonyl (C=O) groups excluding carboxylic acids is 3. The Morgan fingerprint density at radius 3 is 2.26 bits per heavy atom. The lowest BCUT2D eigenvalue weighted by Crippen LogP contribution is -2.25. The standard InChI is InChI=1S/C24H19F3N2O5/c1-2-33-24(32)34-16-9-7-14(8-10-16)22(30)29-19-6-4-3-5-15(19)13-28-23(31)17-11-12-18(25)21(27)20(17)26/h3-12H,2,13H2,1H3,(H,28,31)(H,29,30). The summed E-state index contributed by atoms with van der Waals surface area (Å²) in [5.41, 5.74) is 0.462. The van der Waals surface area contributed by atoms with Gasteiger partial charge in [-0.15, -0.1) is 0 Å². The highest BCUT2D eigenvalue weighted by atomic mass is 19.2. The van der Waals surface area contributed by atoms with Gasteiger partial charge in [-0.3, -0.25) is 9.59 Å². The second-order valence-electron chi connectivity index (χ2n) is 6.83. The number of nitrogens with one attached hydrogen (secondary N) is 2. The van der Waals surface area contributed by atoms with E-state index in [0.717, 1.165) is 6.07 Å². The minimum Gasteiger partial charge on any atom is -0.434 e. The minimum atomic E-state index is -1.74. The van der Waals surface area contributed by atoms with Crippen molar-refractivity contribution in [3.05, 3.63) is 94.8 Å². The summed E-state index contributed by atoms with van der Waals surface area (Å²) in [6.45, 7) is 1.67. The summed E-state index contributed by atoms with van der Waals surface area (Å²) in [5, 5.41) is 5.10. The molecule has 0 aromatic heterocycles. The third kappa shape index (κ3) is 5.91. The van der Waals surface area contributed by atoms with Gasteiger partial charge in [0, 0.05) is 17.8 Å². The van der Waals surface area contributed by atoms with Gasteiger partial charge in [0.05, 0.1) is 12.2 Å². The predicted molar refractivity (Wildman–Crippen MR) is 116 cm³/mol. The van der Waals surface area contributed by atoms with Crippen molar-refractivity contribution in [3.8, 4) is 5.75 Å². The number of amides is 2. The molecular formula is C24H19F3N2O5. The molecule has 0 aliphatic heterocycles. The van der Waals surface area contributed by atoms with Crippen LogP contribution in [-0.2, 0) is 11.3 Å². The van der Waals surface area contributed by atoms with Gasteiger partial charge in [-0.2, -0.15) is 0 Å². The van der Waals surface area contributed by atoms with Crippen LogP contribution in [0.15, 0.2) is 60.7 Å². The Morgan fingerprint density at radius 1 is 0.853 bits per heavy atom. The van der Waals surface area contributed by atoms with Crippen LogP contribution in [0.4, 0.5) is 23.7 Å². The number of ether oxygens (including phenoxy) is 2. The van der Waals surface area contributed by atoms with Gasteiger partial charge in [-0.1, -0.05) is 18.2 Å². The third-order valence-electron chi connectivity index (χ3n) is 4.56. The van der Waals surface area contributed by atoms with Gasteiger partial charge in [0.15, 0.2) is 17.5 Å². The van der Waals surface area contributed by atoms with Crippen molar-refractivity contribution >= 4 is 23.7 Å². The number of halogens is 3. The van der Waals surface area contributed by atoms with Gasteiger partial charge in [0.2, 0.25) is 0 Å². The Morgan fingerprint density at radius 2 is 1.56 bits per heavy atom. The van der Waals surface area contributed by atoms with Crippen molar-refractivity contribution in [1.29, 1.82) is 0 Å². The number of anilines is 1. The molecule has 0 aliphatic carbocycles. The molecule has 0 fully saturated rings. The maximum atomic E-state index is 13.8. The number of rotatable bonds is 7. The fourth-order valence-corrected chi connectivity index (χ4v) is 2.88. The first-order chi connectivity index (χ1) is 16.3. The van der Waals surface area contributed by atoms with Gasteiger partial charge in [0.25, 0.3) is 11.8 Å². The molecule has 0 saturated heterocycles. The quantitative estimate of drug-likeness (QED) is 0.292. The van der Waals surface area contributed by atoms with Crippen LogP contribution in [0.5, 0.6) is 5.75 Å². The molecule has 176 valence electrons. The summed E-state index contributed by atoms with van der Waals surface area (Å²) in [4.78, 5) is 36.2. The van der Waals surface area contributed by atoms with Crippen LogP contribution in [0.3, 0.4) is 0 Å². The molecule has 0 saturated carbocycles. The van der Waals surface area contributed by atoms with Crippen molar-refractivity contribution in [3.63, 3.8) is 0 Å². The molecule has 2 amide bonds. The fraction of sp³-hybridized carbons (Fsp3) is 0.125. The summed E-state index contributed by atoms with van der Waals surface area (Å²) in [6, 6.07) is 13.8. The first kappa shape index (κ1) is 24.3. The molecule has 0 unspecified atom stereocenters. The van der Waals surface area contributed by atoms with Gasteiger partial charge < -0.3 is 20.1 Å². The average Bonchev–Trinajstić information content (AvgIpc) is 2.82.